The Hall–Kier alpha value is -0.120. The van der Waals surface area contributed by atoms with Crippen molar-refractivity contribution in [3.8, 4) is 0 Å². The number of aliphatic hydroxyl groups is 1. The monoisotopic (exact) mass is 497 g/mol. The van der Waals surface area contributed by atoms with E-state index >= 15 is 0 Å². The van der Waals surface area contributed by atoms with Gasteiger partial charge >= 0.3 is 0 Å². The minimum absolute atomic E-state index is 0. The average Bonchev–Trinajstić information content (AvgIpc) is 3.11. The maximum Gasteiger partial charge on any atom is 0.191 e. The molecule has 1 spiro atoms. The zero-order chi connectivity index (χ0) is 19.0. The van der Waals surface area contributed by atoms with Gasteiger partial charge in [-0.25, -0.2) is 0 Å². The maximum absolute atomic E-state index is 10.1. The number of nitrogens with zero attached hydrogens (tertiary/aromatic N) is 1. The van der Waals surface area contributed by atoms with Crippen LogP contribution in [0.5, 0.6) is 0 Å². The summed E-state index contributed by atoms with van der Waals surface area (Å²) in [5.41, 5.74) is 0.269. The normalized spacial score (nSPS) is 25.2. The number of halogens is 1. The lowest BCUT2D eigenvalue weighted by atomic mass is 9.60. The van der Waals surface area contributed by atoms with Crippen LogP contribution in [0.3, 0.4) is 0 Å². The van der Waals surface area contributed by atoms with Gasteiger partial charge in [-0.2, -0.15) is 0 Å². The molecule has 0 bridgehead atoms. The van der Waals surface area contributed by atoms with Gasteiger partial charge in [0, 0.05) is 31.2 Å². The Morgan fingerprint density at radius 1 is 1.22 bits per heavy atom. The van der Waals surface area contributed by atoms with Crippen molar-refractivity contribution in [2.75, 3.05) is 32.9 Å². The van der Waals surface area contributed by atoms with E-state index in [0.717, 1.165) is 25.5 Å². The van der Waals surface area contributed by atoms with E-state index in [1.54, 1.807) is 0 Å². The van der Waals surface area contributed by atoms with Crippen LogP contribution in [0.15, 0.2) is 4.99 Å². The predicted octanol–water partition coefficient (Wildman–Crippen LogP) is 2.93. The highest BCUT2D eigenvalue weighted by molar-refractivity contribution is 14.0. The van der Waals surface area contributed by atoms with Gasteiger partial charge in [0.15, 0.2) is 5.96 Å². The molecule has 3 unspecified atom stereocenters. The summed E-state index contributed by atoms with van der Waals surface area (Å²) in [6.07, 6.45) is 5.91. The highest BCUT2D eigenvalue weighted by atomic mass is 127. The Labute approximate surface area is 182 Å². The molecular weight excluding hydrogens is 457 g/mol. The Morgan fingerprint density at radius 2 is 1.93 bits per heavy atom. The highest BCUT2D eigenvalue weighted by Crippen LogP contribution is 2.54. The van der Waals surface area contributed by atoms with Crippen molar-refractivity contribution >= 4 is 29.9 Å². The van der Waals surface area contributed by atoms with Gasteiger partial charge in [0.05, 0.1) is 25.4 Å². The second-order valence-electron chi connectivity index (χ2n) is 8.12. The van der Waals surface area contributed by atoms with Gasteiger partial charge in [-0.3, -0.25) is 4.99 Å². The molecule has 0 aromatic heterocycles. The van der Waals surface area contributed by atoms with Crippen LogP contribution in [0.4, 0.5) is 0 Å². The Morgan fingerprint density at radius 3 is 2.52 bits per heavy atom. The zero-order valence-electron chi connectivity index (χ0n) is 17.5. The maximum atomic E-state index is 10.1. The van der Waals surface area contributed by atoms with Crippen LogP contribution in [0.1, 0.15) is 59.8 Å². The van der Waals surface area contributed by atoms with Crippen LogP contribution in [0.25, 0.3) is 0 Å². The summed E-state index contributed by atoms with van der Waals surface area (Å²) in [6, 6.07) is 0.411. The molecular formula is C20H40IN3O3. The molecule has 3 atom stereocenters. The molecule has 27 heavy (non-hydrogen) atoms. The molecule has 0 radical (unpaired) electrons. The van der Waals surface area contributed by atoms with Gasteiger partial charge in [-0.05, 0) is 39.0 Å². The SMILES string of the molecule is CCNC(=NCC(O)COCC(C)C)NC1CC(OCC)C12CCCC2.I. The van der Waals surface area contributed by atoms with Crippen molar-refractivity contribution in [3.63, 3.8) is 0 Å². The molecule has 7 heteroatoms. The number of ether oxygens (including phenoxy) is 2. The molecule has 0 aliphatic heterocycles. The number of aliphatic hydroxyl groups excluding tert-OH is 1. The molecule has 2 aliphatic carbocycles. The third-order valence-electron chi connectivity index (χ3n) is 5.56. The van der Waals surface area contributed by atoms with E-state index in [0.29, 0.717) is 37.8 Å². The summed E-state index contributed by atoms with van der Waals surface area (Å²) < 4.78 is 11.5. The second kappa shape index (κ2) is 12.4. The van der Waals surface area contributed by atoms with Crippen LogP contribution in [-0.4, -0.2) is 62.2 Å². The molecule has 3 N–H and O–H groups in total. The third-order valence-corrected chi connectivity index (χ3v) is 5.56. The molecule has 2 aliphatic rings. The quantitative estimate of drug-likeness (QED) is 0.246. The van der Waals surface area contributed by atoms with Crippen LogP contribution >= 0.6 is 24.0 Å². The third kappa shape index (κ3) is 7.01. The first-order chi connectivity index (χ1) is 12.5. The van der Waals surface area contributed by atoms with Gasteiger partial charge in [0.25, 0.3) is 0 Å². The van der Waals surface area contributed by atoms with Crippen LogP contribution in [0.2, 0.25) is 0 Å². The van der Waals surface area contributed by atoms with Gasteiger partial charge in [-0.15, -0.1) is 24.0 Å². The van der Waals surface area contributed by atoms with Crippen molar-refractivity contribution in [2.24, 2.45) is 16.3 Å². The number of guanidine groups is 1. The Balaban J connectivity index is 0.00000364. The predicted molar refractivity (Wildman–Crippen MR) is 121 cm³/mol. The second-order valence-corrected chi connectivity index (χ2v) is 8.12. The molecule has 0 heterocycles. The van der Waals surface area contributed by atoms with Gasteiger partial charge in [-0.1, -0.05) is 26.7 Å². The van der Waals surface area contributed by atoms with E-state index in [1.807, 2.05) is 0 Å². The van der Waals surface area contributed by atoms with E-state index in [2.05, 4.69) is 43.3 Å². The Kier molecular flexibility index (Phi) is 11.5. The molecule has 2 saturated carbocycles. The zero-order valence-corrected chi connectivity index (χ0v) is 19.8. The van der Waals surface area contributed by atoms with E-state index in [1.165, 1.54) is 25.7 Å². The van der Waals surface area contributed by atoms with Gasteiger partial charge in [0.2, 0.25) is 0 Å². The molecule has 2 fully saturated rings. The fraction of sp³-hybridized carbons (Fsp3) is 0.950. The van der Waals surface area contributed by atoms with Gasteiger partial charge in [0.1, 0.15) is 0 Å². The largest absolute Gasteiger partial charge is 0.389 e. The van der Waals surface area contributed by atoms with Crippen LogP contribution in [0, 0.1) is 11.3 Å². The van der Waals surface area contributed by atoms with Crippen molar-refractivity contribution in [2.45, 2.75) is 78.0 Å². The van der Waals surface area contributed by atoms with Crippen molar-refractivity contribution in [3.05, 3.63) is 0 Å². The lowest BCUT2D eigenvalue weighted by Crippen LogP contribution is -2.65. The molecule has 0 aromatic rings. The lowest BCUT2D eigenvalue weighted by Gasteiger charge is -2.54. The number of hydrogen-bond acceptors (Lipinski definition) is 4. The Bertz CT molecular complexity index is 442. The summed E-state index contributed by atoms with van der Waals surface area (Å²) in [7, 11) is 0. The van der Waals surface area contributed by atoms with Crippen molar-refractivity contribution in [1.29, 1.82) is 0 Å². The van der Waals surface area contributed by atoms with E-state index in [-0.39, 0.29) is 29.4 Å². The standard InChI is InChI=1S/C20H39N3O3.HI/c1-5-21-19(22-12-16(24)14-25-13-15(3)4)23-17-11-18(26-6-2)20(17)9-7-8-10-20;/h15-18,24H,5-14H2,1-4H3,(H2,21,22,23);1H. The molecule has 0 saturated heterocycles. The average molecular weight is 497 g/mol. The summed E-state index contributed by atoms with van der Waals surface area (Å²) in [5, 5.41) is 17.0. The first kappa shape index (κ1) is 24.9. The van der Waals surface area contributed by atoms with Gasteiger partial charge < -0.3 is 25.2 Å². The van der Waals surface area contributed by atoms with Crippen LogP contribution in [-0.2, 0) is 9.47 Å². The summed E-state index contributed by atoms with van der Waals surface area (Å²) in [5.74, 6) is 1.27. The number of rotatable bonds is 10. The van der Waals surface area contributed by atoms with E-state index < -0.39 is 6.10 Å². The highest BCUT2D eigenvalue weighted by Gasteiger charge is 2.56. The minimum atomic E-state index is -0.567. The topological polar surface area (TPSA) is 75.1 Å². The first-order valence-corrected chi connectivity index (χ1v) is 10.4. The van der Waals surface area contributed by atoms with E-state index in [9.17, 15) is 5.11 Å². The number of aliphatic imine (C=N–C) groups is 1. The lowest BCUT2D eigenvalue weighted by molar-refractivity contribution is -0.125. The smallest absolute Gasteiger partial charge is 0.191 e. The fourth-order valence-corrected chi connectivity index (χ4v) is 4.26. The van der Waals surface area contributed by atoms with Crippen LogP contribution < -0.4 is 10.6 Å². The van der Waals surface area contributed by atoms with Crippen molar-refractivity contribution < 1.29 is 14.6 Å². The summed E-state index contributed by atoms with van der Waals surface area (Å²) in [6.45, 7) is 11.3. The van der Waals surface area contributed by atoms with E-state index in [4.69, 9.17) is 9.47 Å². The van der Waals surface area contributed by atoms with Crippen molar-refractivity contribution in [1.82, 2.24) is 10.6 Å². The molecule has 2 rings (SSSR count). The number of hydrogen-bond donors (Lipinski definition) is 3. The minimum Gasteiger partial charge on any atom is -0.389 e. The molecule has 6 nitrogen and oxygen atoms in total. The fourth-order valence-electron chi connectivity index (χ4n) is 4.26. The summed E-state index contributed by atoms with van der Waals surface area (Å²) in [4.78, 5) is 4.58. The first-order valence-electron chi connectivity index (χ1n) is 10.4. The number of nitrogens with one attached hydrogen (secondary N) is 2. The molecule has 160 valence electrons. The molecule has 0 aromatic carbocycles. The summed E-state index contributed by atoms with van der Waals surface area (Å²) >= 11 is 0. The molecule has 0 amide bonds.